The molecule has 0 heteroatoms. The SMILES string of the molecule is CC1=CC=C2CCCC(=C1)C2. The van der Waals surface area contributed by atoms with Gasteiger partial charge in [0.25, 0.3) is 0 Å². The fourth-order valence-electron chi connectivity index (χ4n) is 1.90. The Kier molecular flexibility index (Phi) is 1.69. The van der Waals surface area contributed by atoms with Gasteiger partial charge in [-0.05, 0) is 32.6 Å². The first-order valence-corrected chi connectivity index (χ1v) is 4.40. The van der Waals surface area contributed by atoms with Gasteiger partial charge in [-0.1, -0.05) is 34.9 Å². The van der Waals surface area contributed by atoms with Crippen molar-refractivity contribution >= 4 is 0 Å². The molecule has 0 heterocycles. The van der Waals surface area contributed by atoms with Crippen molar-refractivity contribution in [3.05, 3.63) is 34.9 Å². The van der Waals surface area contributed by atoms with Gasteiger partial charge in [-0.25, -0.2) is 0 Å². The maximum Gasteiger partial charge on any atom is -0.0102 e. The summed E-state index contributed by atoms with van der Waals surface area (Å²) < 4.78 is 0. The molecule has 0 nitrogen and oxygen atoms in total. The third-order valence-electron chi connectivity index (χ3n) is 2.46. The maximum atomic E-state index is 2.35. The zero-order valence-corrected chi connectivity index (χ0v) is 7.06. The van der Waals surface area contributed by atoms with Crippen LogP contribution in [-0.2, 0) is 0 Å². The molecule has 58 valence electrons. The molecule has 0 spiro atoms. The van der Waals surface area contributed by atoms with Crippen molar-refractivity contribution in [3.8, 4) is 0 Å². The summed E-state index contributed by atoms with van der Waals surface area (Å²) in [6.07, 6.45) is 12.1. The Morgan fingerprint density at radius 1 is 1.09 bits per heavy atom. The third kappa shape index (κ3) is 1.45. The number of hydrogen-bond acceptors (Lipinski definition) is 0. The molecule has 2 rings (SSSR count). The van der Waals surface area contributed by atoms with E-state index in [2.05, 4.69) is 25.2 Å². The van der Waals surface area contributed by atoms with Crippen LogP contribution in [0.4, 0.5) is 0 Å². The molecule has 0 radical (unpaired) electrons. The monoisotopic (exact) mass is 146 g/mol. The predicted molar refractivity (Wildman–Crippen MR) is 48.4 cm³/mol. The molecular formula is C11H14. The van der Waals surface area contributed by atoms with E-state index in [4.69, 9.17) is 0 Å². The van der Waals surface area contributed by atoms with Crippen LogP contribution in [-0.4, -0.2) is 0 Å². The van der Waals surface area contributed by atoms with Crippen molar-refractivity contribution in [3.63, 3.8) is 0 Å². The average Bonchev–Trinajstić information content (AvgIpc) is 2.12. The molecule has 1 saturated carbocycles. The number of rotatable bonds is 0. The molecule has 0 atom stereocenters. The van der Waals surface area contributed by atoms with E-state index in [-0.39, 0.29) is 0 Å². The van der Waals surface area contributed by atoms with E-state index in [1.165, 1.54) is 31.3 Å². The summed E-state index contributed by atoms with van der Waals surface area (Å²) in [5, 5.41) is 0. The summed E-state index contributed by atoms with van der Waals surface area (Å²) in [7, 11) is 0. The van der Waals surface area contributed by atoms with Crippen molar-refractivity contribution in [2.45, 2.75) is 32.6 Å². The molecular weight excluding hydrogens is 132 g/mol. The summed E-state index contributed by atoms with van der Waals surface area (Å²) in [6.45, 7) is 2.19. The van der Waals surface area contributed by atoms with Crippen LogP contribution in [0.15, 0.2) is 34.9 Å². The maximum absolute atomic E-state index is 2.35. The van der Waals surface area contributed by atoms with Gasteiger partial charge in [0.2, 0.25) is 0 Å². The number of allylic oxidation sites excluding steroid dienone is 6. The summed E-state index contributed by atoms with van der Waals surface area (Å²) in [5.41, 5.74) is 4.67. The number of hydrogen-bond donors (Lipinski definition) is 0. The van der Waals surface area contributed by atoms with Crippen LogP contribution in [0.3, 0.4) is 0 Å². The zero-order valence-electron chi connectivity index (χ0n) is 7.06. The van der Waals surface area contributed by atoms with E-state index in [1.54, 1.807) is 11.1 Å². The lowest BCUT2D eigenvalue weighted by Gasteiger charge is -2.15. The molecule has 0 aromatic carbocycles. The Morgan fingerprint density at radius 2 is 1.91 bits per heavy atom. The van der Waals surface area contributed by atoms with E-state index in [0.717, 1.165) is 0 Å². The third-order valence-corrected chi connectivity index (χ3v) is 2.46. The van der Waals surface area contributed by atoms with Crippen molar-refractivity contribution in [1.82, 2.24) is 0 Å². The molecule has 2 bridgehead atoms. The second kappa shape index (κ2) is 2.69. The van der Waals surface area contributed by atoms with Crippen LogP contribution in [0.5, 0.6) is 0 Å². The van der Waals surface area contributed by atoms with Crippen molar-refractivity contribution in [2.24, 2.45) is 0 Å². The molecule has 0 amide bonds. The Bertz CT molecular complexity index is 251. The minimum Gasteiger partial charge on any atom is -0.0661 e. The standard InChI is InChI=1S/C11H14/c1-9-5-6-10-3-2-4-11(7-9)8-10/h5-7H,2-4,8H2,1H3. The lowest BCUT2D eigenvalue weighted by atomic mass is 9.91. The second-order valence-electron chi connectivity index (χ2n) is 3.57. The number of fused-ring (bicyclic) bond motifs is 2. The first-order chi connectivity index (χ1) is 5.34. The van der Waals surface area contributed by atoms with Crippen molar-refractivity contribution in [2.75, 3.05) is 0 Å². The molecule has 1 fully saturated rings. The minimum atomic E-state index is 1.24. The highest BCUT2D eigenvalue weighted by Crippen LogP contribution is 2.30. The highest BCUT2D eigenvalue weighted by Gasteiger charge is 2.10. The molecule has 0 saturated heterocycles. The average molecular weight is 146 g/mol. The Hall–Kier alpha value is -0.780. The summed E-state index contributed by atoms with van der Waals surface area (Å²) in [4.78, 5) is 0. The first-order valence-electron chi connectivity index (χ1n) is 4.40. The van der Waals surface area contributed by atoms with Gasteiger partial charge in [-0.15, -0.1) is 0 Å². The first kappa shape index (κ1) is 6.90. The van der Waals surface area contributed by atoms with Gasteiger partial charge in [-0.2, -0.15) is 0 Å². The molecule has 2 aliphatic rings. The van der Waals surface area contributed by atoms with E-state index >= 15 is 0 Å². The lowest BCUT2D eigenvalue weighted by molar-refractivity contribution is 0.713. The van der Waals surface area contributed by atoms with Gasteiger partial charge < -0.3 is 0 Å². The Balaban J connectivity index is 2.35. The fourth-order valence-corrected chi connectivity index (χ4v) is 1.90. The highest BCUT2D eigenvalue weighted by atomic mass is 14.2. The summed E-state index contributed by atoms with van der Waals surface area (Å²) >= 11 is 0. The van der Waals surface area contributed by atoms with Crippen LogP contribution in [0.2, 0.25) is 0 Å². The van der Waals surface area contributed by atoms with Crippen LogP contribution in [0.25, 0.3) is 0 Å². The minimum absolute atomic E-state index is 1.24. The Morgan fingerprint density at radius 3 is 2.82 bits per heavy atom. The molecule has 11 heavy (non-hydrogen) atoms. The van der Waals surface area contributed by atoms with Crippen molar-refractivity contribution in [1.29, 1.82) is 0 Å². The van der Waals surface area contributed by atoms with Crippen LogP contribution in [0.1, 0.15) is 32.6 Å². The van der Waals surface area contributed by atoms with Gasteiger partial charge in [0.05, 0.1) is 0 Å². The molecule has 0 N–H and O–H groups in total. The van der Waals surface area contributed by atoms with Gasteiger partial charge in [-0.3, -0.25) is 0 Å². The van der Waals surface area contributed by atoms with Crippen molar-refractivity contribution < 1.29 is 0 Å². The van der Waals surface area contributed by atoms with E-state index < -0.39 is 0 Å². The zero-order chi connectivity index (χ0) is 7.68. The van der Waals surface area contributed by atoms with Crippen LogP contribution in [0, 0.1) is 0 Å². The molecule has 0 aliphatic heterocycles. The molecule has 0 aromatic heterocycles. The smallest absolute Gasteiger partial charge is 0.0102 e. The van der Waals surface area contributed by atoms with E-state index in [9.17, 15) is 0 Å². The van der Waals surface area contributed by atoms with Crippen LogP contribution < -0.4 is 0 Å². The second-order valence-corrected chi connectivity index (χ2v) is 3.57. The van der Waals surface area contributed by atoms with Gasteiger partial charge in [0.15, 0.2) is 0 Å². The van der Waals surface area contributed by atoms with Gasteiger partial charge in [0, 0.05) is 0 Å². The highest BCUT2D eigenvalue weighted by molar-refractivity contribution is 5.35. The van der Waals surface area contributed by atoms with E-state index in [1.807, 2.05) is 0 Å². The largest absolute Gasteiger partial charge is 0.0661 e. The van der Waals surface area contributed by atoms with Crippen LogP contribution >= 0.6 is 0 Å². The Labute approximate surface area is 68.3 Å². The van der Waals surface area contributed by atoms with E-state index in [0.29, 0.717) is 0 Å². The summed E-state index contributed by atoms with van der Waals surface area (Å²) in [6, 6.07) is 0. The predicted octanol–water partition coefficient (Wildman–Crippen LogP) is 3.37. The summed E-state index contributed by atoms with van der Waals surface area (Å²) in [5.74, 6) is 0. The topological polar surface area (TPSA) is 0 Å². The fraction of sp³-hybridized carbons (Fsp3) is 0.455. The quantitative estimate of drug-likeness (QED) is 0.491. The lowest BCUT2D eigenvalue weighted by Crippen LogP contribution is -1.96. The van der Waals surface area contributed by atoms with Gasteiger partial charge >= 0.3 is 0 Å². The molecule has 2 aliphatic carbocycles. The molecule has 0 unspecified atom stereocenters. The normalized spacial score (nSPS) is 23.2. The molecule has 0 aromatic rings. The van der Waals surface area contributed by atoms with Gasteiger partial charge in [0.1, 0.15) is 0 Å².